The molecule has 3 nitrogen and oxygen atoms in total. The molecule has 1 saturated carbocycles. The fraction of sp³-hybridized carbons (Fsp3) is 0.438. The minimum absolute atomic E-state index is 0.828. The lowest BCUT2D eigenvalue weighted by molar-refractivity contribution is 0.288. The number of hydrogen-bond donors (Lipinski definition) is 1. The second-order valence-electron chi connectivity index (χ2n) is 5.24. The number of nitrogens with zero attached hydrogens (tertiary/aromatic N) is 1. The Morgan fingerprint density at radius 1 is 1.11 bits per heavy atom. The molecule has 3 heteroatoms. The van der Waals surface area contributed by atoms with Crippen LogP contribution in [0.3, 0.4) is 0 Å². The monoisotopic (exact) mass is 257 g/mol. The summed E-state index contributed by atoms with van der Waals surface area (Å²) in [5.41, 5.74) is 4.49. The average Bonchev–Trinajstić information content (AvgIpc) is 2.48. The van der Waals surface area contributed by atoms with Crippen LogP contribution < -0.4 is 4.74 Å². The van der Waals surface area contributed by atoms with E-state index >= 15 is 0 Å². The first-order valence-corrected chi connectivity index (χ1v) is 7.04. The molecule has 1 heterocycles. The van der Waals surface area contributed by atoms with Gasteiger partial charge in [-0.05, 0) is 73.4 Å². The summed E-state index contributed by atoms with van der Waals surface area (Å²) in [6, 6.07) is 6.34. The van der Waals surface area contributed by atoms with Gasteiger partial charge in [-0.25, -0.2) is 0 Å². The first-order chi connectivity index (χ1) is 9.36. The Morgan fingerprint density at radius 3 is 2.89 bits per heavy atom. The molecule has 0 amide bonds. The Bertz CT molecular complexity index is 532. The summed E-state index contributed by atoms with van der Waals surface area (Å²) in [7, 11) is 0. The van der Waals surface area contributed by atoms with Crippen LogP contribution in [0.4, 0.5) is 0 Å². The highest BCUT2D eigenvalue weighted by Gasteiger charge is 2.15. The van der Waals surface area contributed by atoms with Crippen LogP contribution in [0.25, 0.3) is 6.08 Å². The van der Waals surface area contributed by atoms with Crippen molar-refractivity contribution >= 4 is 11.8 Å². The molecule has 3 rings (SSSR count). The van der Waals surface area contributed by atoms with E-state index in [-0.39, 0.29) is 0 Å². The number of ether oxygens (including phenoxy) is 1. The van der Waals surface area contributed by atoms with E-state index < -0.39 is 0 Å². The number of hydrogen-bond acceptors (Lipinski definition) is 3. The fourth-order valence-corrected chi connectivity index (χ4v) is 2.85. The molecule has 0 atom stereocenters. The molecule has 0 bridgehead atoms. The van der Waals surface area contributed by atoms with Gasteiger partial charge in [-0.3, -0.25) is 0 Å². The minimum Gasteiger partial charge on any atom is -0.493 e. The highest BCUT2D eigenvalue weighted by Crippen LogP contribution is 2.28. The van der Waals surface area contributed by atoms with E-state index in [1.54, 1.807) is 0 Å². The standard InChI is InChI=1S/C16H19NO2/c18-17-15-6-2-1-4-13(15)10-12-7-8-16-14(11-12)5-3-9-19-16/h7-8,10-11,18H,1-6,9H2. The van der Waals surface area contributed by atoms with Crippen LogP contribution in [0.1, 0.15) is 43.2 Å². The Kier molecular flexibility index (Phi) is 3.53. The lowest BCUT2D eigenvalue weighted by Crippen LogP contribution is -2.10. The maximum absolute atomic E-state index is 9.06. The Hall–Kier alpha value is -1.77. The summed E-state index contributed by atoms with van der Waals surface area (Å²) in [5.74, 6) is 1.02. The van der Waals surface area contributed by atoms with Gasteiger partial charge in [0.1, 0.15) is 5.75 Å². The van der Waals surface area contributed by atoms with Gasteiger partial charge in [0.2, 0.25) is 0 Å². The van der Waals surface area contributed by atoms with Gasteiger partial charge < -0.3 is 9.94 Å². The van der Waals surface area contributed by atoms with Gasteiger partial charge in [0.15, 0.2) is 0 Å². The molecule has 1 aliphatic heterocycles. The number of aryl methyl sites for hydroxylation is 1. The summed E-state index contributed by atoms with van der Waals surface area (Å²) in [6.07, 6.45) is 8.53. The van der Waals surface area contributed by atoms with Crippen LogP contribution >= 0.6 is 0 Å². The van der Waals surface area contributed by atoms with E-state index in [0.29, 0.717) is 0 Å². The summed E-state index contributed by atoms with van der Waals surface area (Å²) >= 11 is 0. The summed E-state index contributed by atoms with van der Waals surface area (Å²) < 4.78 is 5.63. The van der Waals surface area contributed by atoms with E-state index in [1.807, 2.05) is 0 Å². The van der Waals surface area contributed by atoms with Crippen LogP contribution in [-0.2, 0) is 6.42 Å². The van der Waals surface area contributed by atoms with E-state index in [1.165, 1.54) is 23.1 Å². The van der Waals surface area contributed by atoms with Gasteiger partial charge >= 0.3 is 0 Å². The van der Waals surface area contributed by atoms with Crippen molar-refractivity contribution in [3.8, 4) is 5.75 Å². The average molecular weight is 257 g/mol. The minimum atomic E-state index is 0.828. The highest BCUT2D eigenvalue weighted by atomic mass is 16.5. The molecule has 1 aromatic rings. The molecule has 1 N–H and O–H groups in total. The molecule has 100 valence electrons. The Morgan fingerprint density at radius 2 is 2.00 bits per heavy atom. The highest BCUT2D eigenvalue weighted by molar-refractivity contribution is 6.03. The lowest BCUT2D eigenvalue weighted by atomic mass is 9.91. The predicted molar refractivity (Wildman–Crippen MR) is 75.9 cm³/mol. The quantitative estimate of drug-likeness (QED) is 0.614. The summed E-state index contributed by atoms with van der Waals surface area (Å²) in [4.78, 5) is 0. The summed E-state index contributed by atoms with van der Waals surface area (Å²) in [6.45, 7) is 0.828. The SMILES string of the molecule is ON=C1CCCCC1=Cc1ccc2c(c1)CCCO2. The molecule has 0 saturated heterocycles. The maximum atomic E-state index is 9.06. The third-order valence-corrected chi connectivity index (χ3v) is 3.87. The van der Waals surface area contributed by atoms with Crippen molar-refractivity contribution in [3.63, 3.8) is 0 Å². The Balaban J connectivity index is 1.89. The van der Waals surface area contributed by atoms with Gasteiger partial charge in [-0.2, -0.15) is 0 Å². The number of benzene rings is 1. The van der Waals surface area contributed by atoms with Crippen LogP contribution in [-0.4, -0.2) is 17.5 Å². The van der Waals surface area contributed by atoms with E-state index in [0.717, 1.165) is 50.2 Å². The molecule has 1 fully saturated rings. The molecule has 0 spiro atoms. The molecular weight excluding hydrogens is 238 g/mol. The largest absolute Gasteiger partial charge is 0.493 e. The zero-order valence-corrected chi connectivity index (χ0v) is 11.1. The van der Waals surface area contributed by atoms with Crippen molar-refractivity contribution in [1.29, 1.82) is 0 Å². The van der Waals surface area contributed by atoms with Crippen molar-refractivity contribution in [1.82, 2.24) is 0 Å². The normalized spacial score (nSPS) is 23.2. The molecule has 2 aliphatic rings. The van der Waals surface area contributed by atoms with E-state index in [9.17, 15) is 0 Å². The third kappa shape index (κ3) is 2.65. The molecule has 19 heavy (non-hydrogen) atoms. The van der Waals surface area contributed by atoms with Crippen molar-refractivity contribution in [2.75, 3.05) is 6.61 Å². The number of rotatable bonds is 1. The van der Waals surface area contributed by atoms with E-state index in [2.05, 4.69) is 29.4 Å². The number of oxime groups is 1. The predicted octanol–water partition coefficient (Wildman–Crippen LogP) is 3.80. The van der Waals surface area contributed by atoms with Crippen LogP contribution in [0, 0.1) is 0 Å². The number of fused-ring (bicyclic) bond motifs is 1. The fourth-order valence-electron chi connectivity index (χ4n) is 2.85. The van der Waals surface area contributed by atoms with Crippen molar-refractivity contribution < 1.29 is 9.94 Å². The maximum Gasteiger partial charge on any atom is 0.122 e. The lowest BCUT2D eigenvalue weighted by Gasteiger charge is -2.18. The first-order valence-electron chi connectivity index (χ1n) is 7.04. The first kappa shape index (κ1) is 12.3. The molecule has 0 aromatic heterocycles. The molecule has 1 aliphatic carbocycles. The molecule has 1 aromatic carbocycles. The molecular formula is C16H19NO2. The van der Waals surface area contributed by atoms with Gasteiger partial charge in [-0.1, -0.05) is 11.2 Å². The third-order valence-electron chi connectivity index (χ3n) is 3.87. The van der Waals surface area contributed by atoms with Crippen molar-refractivity contribution in [2.24, 2.45) is 5.16 Å². The van der Waals surface area contributed by atoms with Crippen LogP contribution in [0.15, 0.2) is 28.9 Å². The Labute approximate surface area is 113 Å². The van der Waals surface area contributed by atoms with Crippen LogP contribution in [0.2, 0.25) is 0 Å². The van der Waals surface area contributed by atoms with Gasteiger partial charge in [-0.15, -0.1) is 0 Å². The van der Waals surface area contributed by atoms with E-state index in [4.69, 9.17) is 9.94 Å². The van der Waals surface area contributed by atoms with Crippen LogP contribution in [0.5, 0.6) is 5.75 Å². The molecule has 0 unspecified atom stereocenters. The van der Waals surface area contributed by atoms with Gasteiger partial charge in [0.25, 0.3) is 0 Å². The molecule has 0 radical (unpaired) electrons. The topological polar surface area (TPSA) is 41.8 Å². The zero-order valence-electron chi connectivity index (χ0n) is 11.1. The summed E-state index contributed by atoms with van der Waals surface area (Å²) in [5, 5.41) is 12.5. The van der Waals surface area contributed by atoms with Crippen molar-refractivity contribution in [3.05, 3.63) is 34.9 Å². The van der Waals surface area contributed by atoms with Crippen molar-refractivity contribution in [2.45, 2.75) is 38.5 Å². The smallest absolute Gasteiger partial charge is 0.122 e. The van der Waals surface area contributed by atoms with Gasteiger partial charge in [0.05, 0.1) is 12.3 Å². The second-order valence-corrected chi connectivity index (χ2v) is 5.24. The zero-order chi connectivity index (χ0) is 13.1. The second kappa shape index (κ2) is 5.47. The number of allylic oxidation sites excluding steroid dienone is 1. The van der Waals surface area contributed by atoms with Gasteiger partial charge in [0, 0.05) is 0 Å².